The van der Waals surface area contributed by atoms with Crippen molar-refractivity contribution in [3.63, 3.8) is 0 Å². The molecule has 0 saturated heterocycles. The Balaban J connectivity index is 1.99. The topological polar surface area (TPSA) is 76.3 Å². The number of ketones is 1. The van der Waals surface area contributed by atoms with Gasteiger partial charge in [-0.1, -0.05) is 21.1 Å². The summed E-state index contributed by atoms with van der Waals surface area (Å²) >= 11 is 3.28. The van der Waals surface area contributed by atoms with E-state index in [-0.39, 0.29) is 6.54 Å². The number of aromatic nitrogens is 2. The minimum Gasteiger partial charge on any atom is -0.340 e. The lowest BCUT2D eigenvalue weighted by molar-refractivity contribution is -0.114. The Morgan fingerprint density at radius 2 is 2.16 bits per heavy atom. The van der Waals surface area contributed by atoms with Gasteiger partial charge in [-0.3, -0.25) is 14.5 Å². The number of nitrogens with zero attached hydrogens (tertiary/aromatic N) is 3. The van der Waals surface area contributed by atoms with Gasteiger partial charge in [0.1, 0.15) is 0 Å². The molecule has 0 radical (unpaired) electrons. The molecule has 0 fully saturated rings. The molecule has 19 heavy (non-hydrogen) atoms. The molecule has 1 aliphatic heterocycles. The quantitative estimate of drug-likeness (QED) is 0.789. The Labute approximate surface area is 116 Å². The highest BCUT2D eigenvalue weighted by molar-refractivity contribution is 9.10. The first-order valence-electron chi connectivity index (χ1n) is 5.51. The highest BCUT2D eigenvalue weighted by Gasteiger charge is 2.36. The number of aryl methyl sites for hydroxylation is 1. The first-order valence-corrected chi connectivity index (χ1v) is 6.30. The number of hydrogen-bond acceptors (Lipinski definition) is 5. The van der Waals surface area contributed by atoms with Gasteiger partial charge in [-0.2, -0.15) is 4.98 Å². The van der Waals surface area contributed by atoms with Crippen LogP contribution in [-0.2, 0) is 11.3 Å². The van der Waals surface area contributed by atoms with Crippen LogP contribution < -0.4 is 4.90 Å². The van der Waals surface area contributed by atoms with E-state index in [2.05, 4.69) is 26.1 Å². The van der Waals surface area contributed by atoms with Crippen LogP contribution in [0.3, 0.4) is 0 Å². The smallest absolute Gasteiger partial charge is 0.299 e. The van der Waals surface area contributed by atoms with Crippen LogP contribution in [0.25, 0.3) is 0 Å². The molecule has 0 N–H and O–H groups in total. The van der Waals surface area contributed by atoms with E-state index in [9.17, 15) is 9.59 Å². The molecule has 0 spiro atoms. The standard InChI is InChI=1S/C12H8BrN3O3/c1-6-14-10(15-19-6)5-16-9-3-2-7(13)4-8(9)11(17)12(16)18/h2-4H,5H2,1H3. The van der Waals surface area contributed by atoms with Crippen LogP contribution in [0.5, 0.6) is 0 Å². The van der Waals surface area contributed by atoms with Crippen LogP contribution in [0.1, 0.15) is 22.1 Å². The van der Waals surface area contributed by atoms with Gasteiger partial charge in [0.25, 0.3) is 11.7 Å². The maximum Gasteiger partial charge on any atom is 0.299 e. The van der Waals surface area contributed by atoms with Crippen molar-refractivity contribution in [1.29, 1.82) is 0 Å². The fourth-order valence-electron chi connectivity index (χ4n) is 1.98. The minimum atomic E-state index is -0.574. The van der Waals surface area contributed by atoms with E-state index in [1.165, 1.54) is 4.90 Å². The van der Waals surface area contributed by atoms with Crippen LogP contribution in [0.15, 0.2) is 27.2 Å². The summed E-state index contributed by atoms with van der Waals surface area (Å²) in [6.07, 6.45) is 0. The summed E-state index contributed by atoms with van der Waals surface area (Å²) in [6, 6.07) is 5.13. The molecular formula is C12H8BrN3O3. The zero-order chi connectivity index (χ0) is 13.6. The number of fused-ring (bicyclic) bond motifs is 1. The number of carbonyl (C=O) groups is 2. The zero-order valence-electron chi connectivity index (χ0n) is 9.88. The Bertz CT molecular complexity index is 695. The number of halogens is 1. The molecule has 1 aromatic heterocycles. The van der Waals surface area contributed by atoms with E-state index < -0.39 is 11.7 Å². The number of benzene rings is 1. The van der Waals surface area contributed by atoms with Crippen molar-refractivity contribution >= 4 is 33.3 Å². The van der Waals surface area contributed by atoms with Crippen LogP contribution in [0, 0.1) is 6.92 Å². The summed E-state index contributed by atoms with van der Waals surface area (Å²) in [5.74, 6) is -0.300. The molecule has 1 aromatic carbocycles. The van der Waals surface area contributed by atoms with Gasteiger partial charge >= 0.3 is 0 Å². The largest absolute Gasteiger partial charge is 0.340 e. The van der Waals surface area contributed by atoms with Gasteiger partial charge in [-0.25, -0.2) is 0 Å². The second kappa shape index (κ2) is 4.27. The van der Waals surface area contributed by atoms with E-state index in [4.69, 9.17) is 4.52 Å². The third kappa shape index (κ3) is 1.95. The summed E-state index contributed by atoms with van der Waals surface area (Å²) < 4.78 is 5.61. The molecule has 0 bridgehead atoms. The monoisotopic (exact) mass is 321 g/mol. The molecular weight excluding hydrogens is 314 g/mol. The van der Waals surface area contributed by atoms with Crippen LogP contribution >= 0.6 is 15.9 Å². The number of rotatable bonds is 2. The maximum absolute atomic E-state index is 12.0. The Kier molecular flexibility index (Phi) is 2.70. The first kappa shape index (κ1) is 12.0. The molecule has 0 unspecified atom stereocenters. The van der Waals surface area contributed by atoms with Gasteiger partial charge in [0.05, 0.1) is 17.8 Å². The number of Topliss-reactive ketones (excluding diaryl/α,β-unsaturated/α-hetero) is 1. The summed E-state index contributed by atoms with van der Waals surface area (Å²) in [7, 11) is 0. The second-order valence-corrected chi connectivity index (χ2v) is 5.03. The van der Waals surface area contributed by atoms with Crippen molar-refractivity contribution < 1.29 is 14.1 Å². The average Bonchev–Trinajstić information content (AvgIpc) is 2.88. The van der Waals surface area contributed by atoms with Gasteiger partial charge in [-0.05, 0) is 18.2 Å². The van der Waals surface area contributed by atoms with Crippen molar-refractivity contribution in [3.05, 3.63) is 40.0 Å². The minimum absolute atomic E-state index is 0.122. The van der Waals surface area contributed by atoms with Crippen molar-refractivity contribution in [2.75, 3.05) is 4.90 Å². The normalized spacial score (nSPS) is 14.1. The molecule has 96 valence electrons. The molecule has 6 nitrogen and oxygen atoms in total. The SMILES string of the molecule is Cc1nc(CN2C(=O)C(=O)c3cc(Br)ccc32)no1. The molecule has 7 heteroatoms. The first-order chi connectivity index (χ1) is 9.06. The molecule has 0 saturated carbocycles. The molecule has 0 aliphatic carbocycles. The number of amides is 1. The van der Waals surface area contributed by atoms with Gasteiger partial charge in [0.2, 0.25) is 5.89 Å². The van der Waals surface area contributed by atoms with Crippen LogP contribution in [0.2, 0.25) is 0 Å². The van der Waals surface area contributed by atoms with Crippen molar-refractivity contribution in [3.8, 4) is 0 Å². The lowest BCUT2D eigenvalue weighted by Gasteiger charge is -2.13. The van der Waals surface area contributed by atoms with Gasteiger partial charge in [-0.15, -0.1) is 0 Å². The van der Waals surface area contributed by atoms with E-state index in [1.807, 2.05) is 0 Å². The third-order valence-electron chi connectivity index (χ3n) is 2.80. The Morgan fingerprint density at radius 1 is 1.37 bits per heavy atom. The molecule has 2 aromatic rings. The van der Waals surface area contributed by atoms with E-state index in [1.54, 1.807) is 25.1 Å². The van der Waals surface area contributed by atoms with Crippen molar-refractivity contribution in [1.82, 2.24) is 10.1 Å². The second-order valence-electron chi connectivity index (χ2n) is 4.11. The lowest BCUT2D eigenvalue weighted by atomic mass is 10.1. The predicted octanol–water partition coefficient (Wildman–Crippen LogP) is 1.87. The highest BCUT2D eigenvalue weighted by Crippen LogP contribution is 2.32. The van der Waals surface area contributed by atoms with Crippen molar-refractivity contribution in [2.24, 2.45) is 0 Å². The average molecular weight is 322 g/mol. The predicted molar refractivity (Wildman–Crippen MR) is 68.7 cm³/mol. The van der Waals surface area contributed by atoms with Gasteiger partial charge in [0, 0.05) is 11.4 Å². The molecule has 1 amide bonds. The van der Waals surface area contributed by atoms with Crippen LogP contribution in [-0.4, -0.2) is 21.8 Å². The summed E-state index contributed by atoms with van der Waals surface area (Å²) in [4.78, 5) is 29.2. The number of hydrogen-bond donors (Lipinski definition) is 0. The molecule has 0 atom stereocenters. The van der Waals surface area contributed by atoms with E-state index in [0.29, 0.717) is 23.0 Å². The van der Waals surface area contributed by atoms with Gasteiger partial charge in [0.15, 0.2) is 5.82 Å². The van der Waals surface area contributed by atoms with E-state index in [0.717, 1.165) is 4.47 Å². The maximum atomic E-state index is 12.0. The summed E-state index contributed by atoms with van der Waals surface area (Å²) in [5.41, 5.74) is 0.959. The molecule has 3 rings (SSSR count). The zero-order valence-corrected chi connectivity index (χ0v) is 11.5. The fraction of sp³-hybridized carbons (Fsp3) is 0.167. The summed E-state index contributed by atoms with van der Waals surface area (Å²) in [6.45, 7) is 1.79. The Hall–Kier alpha value is -2.02. The number of carbonyl (C=O) groups excluding carboxylic acids is 2. The van der Waals surface area contributed by atoms with E-state index >= 15 is 0 Å². The lowest BCUT2D eigenvalue weighted by Crippen LogP contribution is -2.29. The summed E-state index contributed by atoms with van der Waals surface area (Å²) in [5, 5.41) is 3.73. The Morgan fingerprint density at radius 3 is 2.84 bits per heavy atom. The van der Waals surface area contributed by atoms with Gasteiger partial charge < -0.3 is 4.52 Å². The highest BCUT2D eigenvalue weighted by atomic mass is 79.9. The van der Waals surface area contributed by atoms with Crippen molar-refractivity contribution in [2.45, 2.75) is 13.5 Å². The fourth-order valence-corrected chi connectivity index (χ4v) is 2.34. The van der Waals surface area contributed by atoms with Crippen LogP contribution in [0.4, 0.5) is 5.69 Å². The third-order valence-corrected chi connectivity index (χ3v) is 3.30. The number of anilines is 1. The molecule has 1 aliphatic rings. The molecule has 2 heterocycles.